The highest BCUT2D eigenvalue weighted by molar-refractivity contribution is 6.17. The van der Waals surface area contributed by atoms with Gasteiger partial charge in [-0.05, 0) is 12.1 Å². The van der Waals surface area contributed by atoms with Gasteiger partial charge in [0, 0.05) is 0 Å². The van der Waals surface area contributed by atoms with Crippen LogP contribution in [0.2, 0.25) is 0 Å². The Morgan fingerprint density at radius 2 is 2.14 bits per heavy atom. The molecule has 0 saturated heterocycles. The molecular weight excluding hydrogens is 197 g/mol. The first-order valence-electron chi connectivity index (χ1n) is 3.64. The summed E-state index contributed by atoms with van der Waals surface area (Å²) in [7, 11) is 0.370. The zero-order valence-electron chi connectivity index (χ0n) is 6.74. The molecule has 0 atom stereocenters. The van der Waals surface area contributed by atoms with Crippen molar-refractivity contribution in [3.05, 3.63) is 18.2 Å². The van der Waals surface area contributed by atoms with E-state index in [0.29, 0.717) is 7.69 Å². The molecule has 4 nitrogen and oxygen atoms in total. The van der Waals surface area contributed by atoms with Gasteiger partial charge in [0.25, 0.3) is 0 Å². The first-order chi connectivity index (χ1) is 6.62. The van der Waals surface area contributed by atoms with E-state index < -0.39 is 6.29 Å². The van der Waals surface area contributed by atoms with Gasteiger partial charge < -0.3 is 19.2 Å². The Balaban J connectivity index is 2.36. The molecule has 1 aromatic carbocycles. The molecule has 0 bridgehead atoms. The highest BCUT2D eigenvalue weighted by Crippen LogP contribution is 2.46. The van der Waals surface area contributed by atoms with Crippen molar-refractivity contribution in [1.29, 1.82) is 0 Å². The van der Waals surface area contributed by atoms with Gasteiger partial charge in [0.2, 0.25) is 5.75 Å². The van der Waals surface area contributed by atoms with Crippen LogP contribution in [0, 0.1) is 0 Å². The van der Waals surface area contributed by atoms with Gasteiger partial charge in [-0.15, -0.1) is 8.78 Å². The van der Waals surface area contributed by atoms with E-state index in [1.807, 2.05) is 0 Å². The molecule has 14 heavy (non-hydrogen) atoms. The van der Waals surface area contributed by atoms with Gasteiger partial charge in [0.15, 0.2) is 5.75 Å². The van der Waals surface area contributed by atoms with Gasteiger partial charge in [-0.3, -0.25) is 0 Å². The van der Waals surface area contributed by atoms with Crippen LogP contribution >= 0.6 is 0 Å². The van der Waals surface area contributed by atoms with Crippen LogP contribution in [0.1, 0.15) is 0 Å². The molecule has 0 saturated carbocycles. The minimum Gasteiger partial charge on any atom is -0.535 e. The molecule has 0 aromatic heterocycles. The Bertz CT molecular complexity index is 358. The summed E-state index contributed by atoms with van der Waals surface area (Å²) in [5.41, 5.74) is 0. The normalized spacial score (nSPS) is 16.5. The third-order valence-corrected chi connectivity index (χ3v) is 1.57. The first-order valence-corrected chi connectivity index (χ1v) is 3.64. The summed E-state index contributed by atoms with van der Waals surface area (Å²) in [5, 5.41) is 8.35. The monoisotopic (exact) mass is 201 g/mol. The summed E-state index contributed by atoms with van der Waals surface area (Å²) in [6.07, 6.45) is -3.68. The minimum absolute atomic E-state index is 0.0397. The molecule has 1 N–H and O–H groups in total. The molecule has 0 spiro atoms. The molecule has 0 aliphatic carbocycles. The van der Waals surface area contributed by atoms with Crippen LogP contribution in [-0.2, 0) is 0 Å². The lowest BCUT2D eigenvalue weighted by atomic mass is 10.3. The number of alkyl halides is 2. The maximum Gasteiger partial charge on any atom is 0.586 e. The molecule has 1 aromatic rings. The number of benzene rings is 1. The average Bonchev–Trinajstić information content (AvgIpc) is 2.41. The van der Waals surface area contributed by atoms with E-state index in [1.165, 1.54) is 18.2 Å². The molecule has 73 valence electrons. The van der Waals surface area contributed by atoms with E-state index in [9.17, 15) is 8.78 Å². The molecule has 0 unspecified atom stereocenters. The van der Waals surface area contributed by atoms with Crippen LogP contribution in [0.4, 0.5) is 8.78 Å². The van der Waals surface area contributed by atoms with E-state index in [2.05, 4.69) is 14.1 Å². The standard InChI is InChI=1S/C7H4BF2O4/c9-7(10)12-4-2-1-3-5(14-8-11)6(4)13-7/h1-3,11H. The van der Waals surface area contributed by atoms with Crippen LogP contribution in [0.15, 0.2) is 18.2 Å². The molecule has 1 heterocycles. The molecule has 1 radical (unpaired) electrons. The summed E-state index contributed by atoms with van der Waals surface area (Å²) < 4.78 is 38.0. The smallest absolute Gasteiger partial charge is 0.535 e. The van der Waals surface area contributed by atoms with Crippen molar-refractivity contribution in [3.63, 3.8) is 0 Å². The van der Waals surface area contributed by atoms with Crippen molar-refractivity contribution in [2.45, 2.75) is 6.29 Å². The van der Waals surface area contributed by atoms with Crippen molar-refractivity contribution < 1.29 is 27.9 Å². The summed E-state index contributed by atoms with van der Waals surface area (Å²) in [5.74, 6) is -0.403. The van der Waals surface area contributed by atoms with Gasteiger partial charge in [-0.25, -0.2) is 0 Å². The Kier molecular flexibility index (Phi) is 1.96. The van der Waals surface area contributed by atoms with E-state index in [-0.39, 0.29) is 17.2 Å². The Morgan fingerprint density at radius 1 is 1.36 bits per heavy atom. The lowest BCUT2D eigenvalue weighted by molar-refractivity contribution is -0.287. The molecule has 2 rings (SSSR count). The van der Waals surface area contributed by atoms with Crippen LogP contribution in [0.5, 0.6) is 17.2 Å². The predicted molar refractivity (Wildman–Crippen MR) is 41.2 cm³/mol. The number of para-hydroxylation sites is 1. The van der Waals surface area contributed by atoms with Gasteiger partial charge >= 0.3 is 14.0 Å². The van der Waals surface area contributed by atoms with Gasteiger partial charge in [0.05, 0.1) is 0 Å². The zero-order valence-corrected chi connectivity index (χ0v) is 6.74. The fourth-order valence-corrected chi connectivity index (χ4v) is 1.09. The van der Waals surface area contributed by atoms with Crippen LogP contribution < -0.4 is 14.1 Å². The molecule has 7 heteroatoms. The molecule has 0 fully saturated rings. The molecule has 1 aliphatic heterocycles. The molecule has 1 aliphatic rings. The number of rotatable bonds is 2. The van der Waals surface area contributed by atoms with E-state index in [0.717, 1.165) is 0 Å². The van der Waals surface area contributed by atoms with Crippen LogP contribution in [0.3, 0.4) is 0 Å². The van der Waals surface area contributed by atoms with Gasteiger partial charge in [0.1, 0.15) is 5.75 Å². The summed E-state index contributed by atoms with van der Waals surface area (Å²) in [4.78, 5) is 0. The van der Waals surface area contributed by atoms with Crippen molar-refractivity contribution >= 4 is 7.69 Å². The zero-order chi connectivity index (χ0) is 10.2. The van der Waals surface area contributed by atoms with Crippen molar-refractivity contribution in [3.8, 4) is 17.2 Å². The average molecular weight is 201 g/mol. The lowest BCUT2D eigenvalue weighted by Crippen LogP contribution is -2.26. The molecule has 0 amide bonds. The number of fused-ring (bicyclic) bond motifs is 1. The largest absolute Gasteiger partial charge is 0.586 e. The second kappa shape index (κ2) is 3.02. The Labute approximate surface area is 78.3 Å². The Hall–Kier alpha value is -1.50. The van der Waals surface area contributed by atoms with E-state index in [1.54, 1.807) is 0 Å². The van der Waals surface area contributed by atoms with E-state index >= 15 is 0 Å². The van der Waals surface area contributed by atoms with Gasteiger partial charge in [-0.2, -0.15) is 0 Å². The quantitative estimate of drug-likeness (QED) is 0.722. The minimum atomic E-state index is -3.68. The summed E-state index contributed by atoms with van der Waals surface area (Å²) >= 11 is 0. The first kappa shape index (κ1) is 9.08. The number of halogens is 2. The third-order valence-electron chi connectivity index (χ3n) is 1.57. The fraction of sp³-hybridized carbons (Fsp3) is 0.143. The number of hydrogen-bond donors (Lipinski definition) is 1. The topological polar surface area (TPSA) is 47.9 Å². The summed E-state index contributed by atoms with van der Waals surface area (Å²) in [6.45, 7) is 0. The SMILES string of the molecule is O[B]Oc1cccc2c1OC(F)(F)O2. The van der Waals surface area contributed by atoms with E-state index in [4.69, 9.17) is 5.02 Å². The maximum atomic E-state index is 12.6. The third kappa shape index (κ3) is 1.46. The van der Waals surface area contributed by atoms with Crippen molar-refractivity contribution in [2.75, 3.05) is 0 Å². The number of hydrogen-bond acceptors (Lipinski definition) is 4. The summed E-state index contributed by atoms with van der Waals surface area (Å²) in [6, 6.07) is 4.10. The highest BCUT2D eigenvalue weighted by Gasteiger charge is 2.44. The number of ether oxygens (including phenoxy) is 2. The second-order valence-electron chi connectivity index (χ2n) is 2.47. The predicted octanol–water partition coefficient (Wildman–Crippen LogP) is 0.913. The van der Waals surface area contributed by atoms with Crippen molar-refractivity contribution in [2.24, 2.45) is 0 Å². The molecular formula is C7H4BF2O4. The second-order valence-corrected chi connectivity index (χ2v) is 2.47. The fourth-order valence-electron chi connectivity index (χ4n) is 1.09. The van der Waals surface area contributed by atoms with Crippen LogP contribution in [-0.4, -0.2) is 19.0 Å². The van der Waals surface area contributed by atoms with Gasteiger partial charge in [-0.1, -0.05) is 6.07 Å². The van der Waals surface area contributed by atoms with Crippen LogP contribution in [0.25, 0.3) is 0 Å². The lowest BCUT2D eigenvalue weighted by Gasteiger charge is -2.06. The maximum absolute atomic E-state index is 12.6. The highest BCUT2D eigenvalue weighted by atomic mass is 19.3. The Morgan fingerprint density at radius 3 is 2.86 bits per heavy atom. The van der Waals surface area contributed by atoms with Crippen molar-refractivity contribution in [1.82, 2.24) is 0 Å².